The quantitative estimate of drug-likeness (QED) is 0.830. The van der Waals surface area contributed by atoms with Crippen molar-refractivity contribution in [3.8, 4) is 11.6 Å². The lowest BCUT2D eigenvalue weighted by molar-refractivity contribution is 0.457. The van der Waals surface area contributed by atoms with E-state index >= 15 is 0 Å². The lowest BCUT2D eigenvalue weighted by Gasteiger charge is -2.06. The van der Waals surface area contributed by atoms with E-state index in [4.69, 9.17) is 51.1 Å². The maximum atomic E-state index is 5.82. The molecule has 17 heavy (non-hydrogen) atoms. The second kappa shape index (κ2) is 5.23. The van der Waals surface area contributed by atoms with Crippen LogP contribution in [0.2, 0.25) is 20.5 Å². The molecular weight excluding hydrogens is 308 g/mol. The summed E-state index contributed by atoms with van der Waals surface area (Å²) in [6, 6.07) is 4.68. The highest BCUT2D eigenvalue weighted by molar-refractivity contribution is 6.34. The largest absolute Gasteiger partial charge is 0.436 e. The third kappa shape index (κ3) is 3.33. The van der Waals surface area contributed by atoms with Gasteiger partial charge in [0.05, 0.1) is 0 Å². The van der Waals surface area contributed by atoms with Gasteiger partial charge < -0.3 is 4.74 Å². The minimum atomic E-state index is -0.0717. The molecule has 0 atom stereocenters. The van der Waals surface area contributed by atoms with Gasteiger partial charge in [0.1, 0.15) is 5.75 Å². The number of nitrogens with zero attached hydrogens (tertiary/aromatic N) is 3. The molecular formula is C9H3Cl4N3O. The number of ether oxygens (including phenoxy) is 1. The second-order valence-corrected chi connectivity index (χ2v) is 4.45. The third-order valence-electron chi connectivity index (χ3n) is 1.64. The zero-order valence-electron chi connectivity index (χ0n) is 7.99. The first-order valence-corrected chi connectivity index (χ1v) is 5.75. The molecule has 0 bridgehead atoms. The molecule has 0 aliphatic carbocycles. The van der Waals surface area contributed by atoms with Crippen molar-refractivity contribution in [2.24, 2.45) is 0 Å². The fourth-order valence-electron chi connectivity index (χ4n) is 1.04. The Balaban J connectivity index is 2.34. The molecule has 4 nitrogen and oxygen atoms in total. The number of benzene rings is 1. The van der Waals surface area contributed by atoms with Crippen molar-refractivity contribution in [2.45, 2.75) is 0 Å². The van der Waals surface area contributed by atoms with Crippen LogP contribution in [-0.4, -0.2) is 15.2 Å². The minimum Gasteiger partial charge on any atom is -0.436 e. The normalized spacial score (nSPS) is 10.4. The number of hydrogen-bond donors (Lipinski definition) is 0. The predicted molar refractivity (Wildman–Crippen MR) is 66.4 cm³/mol. The van der Waals surface area contributed by atoms with Gasteiger partial charge >= 0.3 is 0 Å². The molecule has 2 rings (SSSR count). The van der Waals surface area contributed by atoms with Gasteiger partial charge in [-0.3, -0.25) is 0 Å². The van der Waals surface area contributed by atoms with Gasteiger partial charge in [-0.15, -0.1) is 10.2 Å². The Bertz CT molecular complexity index is 544. The molecule has 88 valence electrons. The molecule has 0 aliphatic heterocycles. The second-order valence-electron chi connectivity index (χ2n) is 2.88. The zero-order chi connectivity index (χ0) is 12.4. The van der Waals surface area contributed by atoms with Crippen molar-refractivity contribution in [3.05, 3.63) is 38.7 Å². The van der Waals surface area contributed by atoms with E-state index in [1.54, 1.807) is 18.2 Å². The van der Waals surface area contributed by atoms with Gasteiger partial charge in [0.15, 0.2) is 0 Å². The van der Waals surface area contributed by atoms with Crippen LogP contribution >= 0.6 is 46.4 Å². The smallest absolute Gasteiger partial charge is 0.262 e. The highest BCUT2D eigenvalue weighted by Crippen LogP contribution is 2.30. The summed E-state index contributed by atoms with van der Waals surface area (Å²) in [7, 11) is 0. The van der Waals surface area contributed by atoms with Crippen LogP contribution in [0.15, 0.2) is 18.2 Å². The maximum Gasteiger partial charge on any atom is 0.262 e. The molecule has 0 aliphatic rings. The Morgan fingerprint density at radius 1 is 0.882 bits per heavy atom. The Morgan fingerprint density at radius 3 is 2.18 bits per heavy atom. The molecule has 0 spiro atoms. The first-order chi connectivity index (χ1) is 8.04. The van der Waals surface area contributed by atoms with Gasteiger partial charge in [-0.25, -0.2) is 0 Å². The minimum absolute atomic E-state index is 0.00880. The lowest BCUT2D eigenvalue weighted by Crippen LogP contribution is -1.94. The standard InChI is InChI=1S/C9H3Cl4N3O/c10-4-1-5(11)3-6(2-4)17-8-7(12)15-16-9(13)14-8/h1-3H. The van der Waals surface area contributed by atoms with E-state index in [9.17, 15) is 0 Å². The SMILES string of the molecule is Clc1cc(Cl)cc(Oc2nc(Cl)nnc2Cl)c1. The van der Waals surface area contributed by atoms with E-state index in [-0.39, 0.29) is 16.3 Å². The summed E-state index contributed by atoms with van der Waals surface area (Å²) in [5.74, 6) is 0.408. The highest BCUT2D eigenvalue weighted by Gasteiger charge is 2.09. The topological polar surface area (TPSA) is 47.9 Å². The Morgan fingerprint density at radius 2 is 1.53 bits per heavy atom. The van der Waals surface area contributed by atoms with Crippen LogP contribution in [0.1, 0.15) is 0 Å². The van der Waals surface area contributed by atoms with Crippen LogP contribution in [-0.2, 0) is 0 Å². The van der Waals surface area contributed by atoms with E-state index in [1.165, 1.54) is 0 Å². The van der Waals surface area contributed by atoms with Crippen LogP contribution in [0.25, 0.3) is 0 Å². The molecule has 1 aromatic heterocycles. The zero-order valence-corrected chi connectivity index (χ0v) is 11.0. The summed E-state index contributed by atoms with van der Waals surface area (Å²) < 4.78 is 5.35. The maximum absolute atomic E-state index is 5.82. The monoisotopic (exact) mass is 309 g/mol. The van der Waals surface area contributed by atoms with Crippen LogP contribution in [0.4, 0.5) is 0 Å². The summed E-state index contributed by atoms with van der Waals surface area (Å²) >= 11 is 22.9. The molecule has 1 heterocycles. The summed E-state index contributed by atoms with van der Waals surface area (Å²) in [5.41, 5.74) is 0. The van der Waals surface area contributed by atoms with E-state index in [2.05, 4.69) is 15.2 Å². The number of rotatable bonds is 2. The molecule has 0 saturated heterocycles. The van der Waals surface area contributed by atoms with Gasteiger partial charge in [-0.1, -0.05) is 34.8 Å². The van der Waals surface area contributed by atoms with Gasteiger partial charge in [0, 0.05) is 10.0 Å². The highest BCUT2D eigenvalue weighted by atomic mass is 35.5. The van der Waals surface area contributed by atoms with E-state index in [1.807, 2.05) is 0 Å². The average Bonchev–Trinajstić information content (AvgIpc) is 2.22. The first kappa shape index (κ1) is 12.6. The van der Waals surface area contributed by atoms with Crippen LogP contribution < -0.4 is 4.74 Å². The van der Waals surface area contributed by atoms with Crippen molar-refractivity contribution in [2.75, 3.05) is 0 Å². The number of halogens is 4. The summed E-state index contributed by atoms with van der Waals surface area (Å²) in [5, 5.41) is 7.78. The molecule has 1 aromatic carbocycles. The van der Waals surface area contributed by atoms with E-state index < -0.39 is 0 Å². The summed E-state index contributed by atoms with van der Waals surface area (Å²) in [4.78, 5) is 3.78. The fraction of sp³-hybridized carbons (Fsp3) is 0. The van der Waals surface area contributed by atoms with Crippen LogP contribution in [0.5, 0.6) is 11.6 Å². The van der Waals surface area contributed by atoms with E-state index in [0.717, 1.165) is 0 Å². The Labute approximate surface area is 116 Å². The van der Waals surface area contributed by atoms with E-state index in [0.29, 0.717) is 15.8 Å². The molecule has 0 amide bonds. The van der Waals surface area contributed by atoms with Crippen LogP contribution in [0, 0.1) is 0 Å². The molecule has 2 aromatic rings. The van der Waals surface area contributed by atoms with Crippen molar-refractivity contribution in [1.82, 2.24) is 15.2 Å². The van der Waals surface area contributed by atoms with Gasteiger partial charge in [-0.05, 0) is 29.8 Å². The summed E-state index contributed by atoms with van der Waals surface area (Å²) in [6.07, 6.45) is 0. The fourth-order valence-corrected chi connectivity index (χ4v) is 1.78. The molecule has 0 radical (unpaired) electrons. The van der Waals surface area contributed by atoms with Gasteiger partial charge in [0.2, 0.25) is 10.4 Å². The number of hydrogen-bond acceptors (Lipinski definition) is 4. The first-order valence-electron chi connectivity index (χ1n) is 4.24. The molecule has 0 unspecified atom stereocenters. The van der Waals surface area contributed by atoms with Crippen LogP contribution in [0.3, 0.4) is 0 Å². The lowest BCUT2D eigenvalue weighted by atomic mass is 10.3. The van der Waals surface area contributed by atoms with Gasteiger partial charge in [0.25, 0.3) is 5.88 Å². The van der Waals surface area contributed by atoms with Crippen molar-refractivity contribution in [3.63, 3.8) is 0 Å². The Hall–Kier alpha value is -0.810. The van der Waals surface area contributed by atoms with Crippen molar-refractivity contribution < 1.29 is 4.74 Å². The van der Waals surface area contributed by atoms with Crippen molar-refractivity contribution in [1.29, 1.82) is 0 Å². The molecule has 0 saturated carbocycles. The number of aromatic nitrogens is 3. The third-order valence-corrected chi connectivity index (χ3v) is 2.47. The average molecular weight is 311 g/mol. The molecule has 0 N–H and O–H groups in total. The Kier molecular flexibility index (Phi) is 3.89. The van der Waals surface area contributed by atoms with Gasteiger partial charge in [-0.2, -0.15) is 4.98 Å². The predicted octanol–water partition coefficient (Wildman–Crippen LogP) is 4.28. The molecule has 8 heteroatoms. The summed E-state index contributed by atoms with van der Waals surface area (Å²) in [6.45, 7) is 0. The van der Waals surface area contributed by atoms with Crippen molar-refractivity contribution >= 4 is 46.4 Å². The molecule has 0 fully saturated rings.